The molecule has 0 amide bonds. The predicted octanol–water partition coefficient (Wildman–Crippen LogP) is 4.28. The Morgan fingerprint density at radius 2 is 2.00 bits per heavy atom. The summed E-state index contributed by atoms with van der Waals surface area (Å²) in [6, 6.07) is 5.48. The Bertz CT molecular complexity index is 366. The summed E-state index contributed by atoms with van der Waals surface area (Å²) < 4.78 is 19.4. The molecule has 2 nitrogen and oxygen atoms in total. The Hall–Kier alpha value is -1.09. The van der Waals surface area contributed by atoms with E-state index < -0.39 is 0 Å². The van der Waals surface area contributed by atoms with E-state index in [-0.39, 0.29) is 5.82 Å². The van der Waals surface area contributed by atoms with Gasteiger partial charge < -0.3 is 10.1 Å². The van der Waals surface area contributed by atoms with E-state index in [1.807, 2.05) is 6.07 Å². The first-order valence-corrected chi connectivity index (χ1v) is 7.28. The molecule has 0 aliphatic carbocycles. The van der Waals surface area contributed by atoms with E-state index in [1.54, 1.807) is 6.07 Å². The summed E-state index contributed by atoms with van der Waals surface area (Å²) in [6.07, 6.45) is 4.54. The fraction of sp³-hybridized carbons (Fsp3) is 0.625. The minimum atomic E-state index is -0.265. The van der Waals surface area contributed by atoms with Crippen LogP contribution in [0.15, 0.2) is 18.2 Å². The minimum absolute atomic E-state index is 0.265. The molecule has 3 heteroatoms. The third-order valence-electron chi connectivity index (χ3n) is 2.99. The van der Waals surface area contributed by atoms with Crippen LogP contribution < -0.4 is 10.1 Å². The quantitative estimate of drug-likeness (QED) is 0.674. The summed E-state index contributed by atoms with van der Waals surface area (Å²) in [5.41, 5.74) is 0.893. The molecule has 0 aliphatic rings. The maximum Gasteiger partial charge on any atom is 0.165 e. The molecule has 0 aliphatic heterocycles. The lowest BCUT2D eigenvalue weighted by molar-refractivity contribution is 0.286. The van der Waals surface area contributed by atoms with Crippen LogP contribution in [0, 0.1) is 5.82 Å². The molecule has 0 aromatic heterocycles. The molecule has 0 fully saturated rings. The van der Waals surface area contributed by atoms with Gasteiger partial charge in [-0.25, -0.2) is 4.39 Å². The lowest BCUT2D eigenvalue weighted by Crippen LogP contribution is -2.22. The molecule has 0 unspecified atom stereocenters. The third-order valence-corrected chi connectivity index (χ3v) is 2.99. The molecule has 0 radical (unpaired) electrons. The summed E-state index contributed by atoms with van der Waals surface area (Å²) in [7, 11) is 0. The molecule has 19 heavy (non-hydrogen) atoms. The number of hydrogen-bond donors (Lipinski definition) is 1. The van der Waals surface area contributed by atoms with Crippen molar-refractivity contribution in [3.63, 3.8) is 0 Å². The Balaban J connectivity index is 2.54. The van der Waals surface area contributed by atoms with Gasteiger partial charge in [-0.2, -0.15) is 0 Å². The van der Waals surface area contributed by atoms with Gasteiger partial charge in [0.25, 0.3) is 0 Å². The lowest BCUT2D eigenvalue weighted by Gasteiger charge is -2.14. The Morgan fingerprint density at radius 1 is 1.21 bits per heavy atom. The SMILES string of the molecule is CCCCCCOc1c(F)cccc1CNC(C)C. The normalized spacial score (nSPS) is 11.0. The van der Waals surface area contributed by atoms with Crippen LogP contribution in [-0.2, 0) is 6.54 Å². The standard InChI is InChI=1S/C16H26FNO/c1-4-5-6-7-11-19-16-14(12-18-13(2)3)9-8-10-15(16)17/h8-10,13,18H,4-7,11-12H2,1-3H3. The van der Waals surface area contributed by atoms with Crippen molar-refractivity contribution in [3.8, 4) is 5.75 Å². The maximum atomic E-state index is 13.8. The van der Waals surface area contributed by atoms with Gasteiger partial charge in [0.15, 0.2) is 11.6 Å². The van der Waals surface area contributed by atoms with Crippen LogP contribution in [0.2, 0.25) is 0 Å². The van der Waals surface area contributed by atoms with E-state index in [0.29, 0.717) is 24.9 Å². The smallest absolute Gasteiger partial charge is 0.165 e. The zero-order chi connectivity index (χ0) is 14.1. The van der Waals surface area contributed by atoms with Gasteiger partial charge in [0.2, 0.25) is 0 Å². The van der Waals surface area contributed by atoms with Crippen LogP contribution in [0.5, 0.6) is 5.75 Å². The summed E-state index contributed by atoms with van der Waals surface area (Å²) in [5, 5.41) is 3.29. The highest BCUT2D eigenvalue weighted by Gasteiger charge is 2.09. The van der Waals surface area contributed by atoms with Crippen molar-refractivity contribution in [2.75, 3.05) is 6.61 Å². The molecule has 1 N–H and O–H groups in total. The number of rotatable bonds is 9. The van der Waals surface area contributed by atoms with Gasteiger partial charge in [-0.05, 0) is 12.5 Å². The molecule has 0 spiro atoms. The van der Waals surface area contributed by atoms with Crippen molar-refractivity contribution in [1.82, 2.24) is 5.32 Å². The van der Waals surface area contributed by atoms with Crippen LogP contribution >= 0.6 is 0 Å². The summed E-state index contributed by atoms with van der Waals surface area (Å²) in [5.74, 6) is 0.144. The summed E-state index contributed by atoms with van der Waals surface area (Å²) >= 11 is 0. The van der Waals surface area contributed by atoms with Gasteiger partial charge in [0.1, 0.15) is 0 Å². The van der Waals surface area contributed by atoms with E-state index in [1.165, 1.54) is 18.9 Å². The van der Waals surface area contributed by atoms with E-state index in [9.17, 15) is 4.39 Å². The van der Waals surface area contributed by atoms with Crippen molar-refractivity contribution in [3.05, 3.63) is 29.6 Å². The monoisotopic (exact) mass is 267 g/mol. The summed E-state index contributed by atoms with van der Waals surface area (Å²) in [6.45, 7) is 7.55. The van der Waals surface area contributed by atoms with Gasteiger partial charge >= 0.3 is 0 Å². The van der Waals surface area contributed by atoms with Gasteiger partial charge in [-0.3, -0.25) is 0 Å². The third kappa shape index (κ3) is 6.06. The fourth-order valence-corrected chi connectivity index (χ4v) is 1.87. The Kier molecular flexibility index (Phi) is 7.49. The molecule has 0 bridgehead atoms. The molecule has 1 aromatic rings. The van der Waals surface area contributed by atoms with Crippen LogP contribution in [0.1, 0.15) is 52.0 Å². The minimum Gasteiger partial charge on any atom is -0.490 e. The van der Waals surface area contributed by atoms with Crippen molar-refractivity contribution in [2.24, 2.45) is 0 Å². The highest BCUT2D eigenvalue weighted by atomic mass is 19.1. The number of nitrogens with one attached hydrogen (secondary N) is 1. The second-order valence-corrected chi connectivity index (χ2v) is 5.17. The fourth-order valence-electron chi connectivity index (χ4n) is 1.87. The second kappa shape index (κ2) is 8.92. The first-order chi connectivity index (χ1) is 9.15. The van der Waals surface area contributed by atoms with Gasteiger partial charge in [0.05, 0.1) is 6.61 Å². The van der Waals surface area contributed by atoms with Crippen molar-refractivity contribution >= 4 is 0 Å². The molecule has 0 saturated carbocycles. The van der Waals surface area contributed by atoms with E-state index in [0.717, 1.165) is 18.4 Å². The zero-order valence-electron chi connectivity index (χ0n) is 12.3. The van der Waals surface area contributed by atoms with Gasteiger partial charge in [-0.1, -0.05) is 52.2 Å². The molecule has 0 atom stereocenters. The van der Waals surface area contributed by atoms with Crippen LogP contribution in [0.4, 0.5) is 4.39 Å². The average Bonchev–Trinajstić information content (AvgIpc) is 2.38. The highest BCUT2D eigenvalue weighted by molar-refractivity contribution is 5.34. The maximum absolute atomic E-state index is 13.8. The molecule has 108 valence electrons. The molecule has 1 aromatic carbocycles. The van der Waals surface area contributed by atoms with Gasteiger partial charge in [0, 0.05) is 18.2 Å². The number of benzene rings is 1. The molecule has 0 saturated heterocycles. The number of para-hydroxylation sites is 1. The highest BCUT2D eigenvalue weighted by Crippen LogP contribution is 2.23. The van der Waals surface area contributed by atoms with E-state index >= 15 is 0 Å². The summed E-state index contributed by atoms with van der Waals surface area (Å²) in [4.78, 5) is 0. The number of ether oxygens (including phenoxy) is 1. The zero-order valence-corrected chi connectivity index (χ0v) is 12.3. The van der Waals surface area contributed by atoms with Crippen LogP contribution in [0.25, 0.3) is 0 Å². The number of hydrogen-bond acceptors (Lipinski definition) is 2. The molecular weight excluding hydrogens is 241 g/mol. The van der Waals surface area contributed by atoms with Crippen molar-refractivity contribution in [1.29, 1.82) is 0 Å². The Labute approximate surface area is 116 Å². The number of unbranched alkanes of at least 4 members (excludes halogenated alkanes) is 3. The predicted molar refractivity (Wildman–Crippen MR) is 78.0 cm³/mol. The van der Waals surface area contributed by atoms with Crippen molar-refractivity contribution < 1.29 is 9.13 Å². The molecule has 1 rings (SSSR count). The average molecular weight is 267 g/mol. The first-order valence-electron chi connectivity index (χ1n) is 7.28. The van der Waals surface area contributed by atoms with Gasteiger partial charge in [-0.15, -0.1) is 0 Å². The number of halogens is 1. The van der Waals surface area contributed by atoms with Crippen LogP contribution in [0.3, 0.4) is 0 Å². The molecule has 0 heterocycles. The van der Waals surface area contributed by atoms with E-state index in [4.69, 9.17) is 4.74 Å². The second-order valence-electron chi connectivity index (χ2n) is 5.17. The largest absolute Gasteiger partial charge is 0.490 e. The van der Waals surface area contributed by atoms with Crippen molar-refractivity contribution in [2.45, 2.75) is 59.0 Å². The van der Waals surface area contributed by atoms with E-state index in [2.05, 4.69) is 26.1 Å². The first kappa shape index (κ1) is 16.0. The van der Waals surface area contributed by atoms with Crippen LogP contribution in [-0.4, -0.2) is 12.6 Å². The topological polar surface area (TPSA) is 21.3 Å². The Morgan fingerprint density at radius 3 is 2.68 bits per heavy atom. The lowest BCUT2D eigenvalue weighted by atomic mass is 10.1. The molecular formula is C16H26FNO.